The Kier molecular flexibility index (Phi) is 6.84. The predicted octanol–water partition coefficient (Wildman–Crippen LogP) is 2.45. The van der Waals surface area contributed by atoms with Gasteiger partial charge in [-0.05, 0) is 49.9 Å². The lowest BCUT2D eigenvalue weighted by molar-refractivity contribution is -0.136. The summed E-state index contributed by atoms with van der Waals surface area (Å²) in [5, 5.41) is 5.37. The second kappa shape index (κ2) is 9.73. The van der Waals surface area contributed by atoms with Gasteiger partial charge < -0.3 is 20.3 Å². The standard InChI is InChI=1S/C21H26N4O3/c1-2-28-18-8-4-3-7-17(18)24-21(27)20(26)23-15-16-10-13-25(14-11-16)19-9-5-6-12-22-19/h3-9,12,16H,2,10-11,13-15H2,1H3,(H,23,26)(H,24,27). The number of amides is 2. The van der Waals surface area contributed by atoms with E-state index in [0.717, 1.165) is 31.7 Å². The lowest BCUT2D eigenvalue weighted by atomic mass is 9.97. The highest BCUT2D eigenvalue weighted by Gasteiger charge is 2.22. The van der Waals surface area contributed by atoms with Gasteiger partial charge in [0.15, 0.2) is 0 Å². The second-order valence-corrected chi connectivity index (χ2v) is 6.71. The van der Waals surface area contributed by atoms with Gasteiger partial charge in [0.2, 0.25) is 0 Å². The van der Waals surface area contributed by atoms with Crippen LogP contribution in [0.25, 0.3) is 0 Å². The first kappa shape index (κ1) is 19.7. The minimum absolute atomic E-state index is 0.354. The Morgan fingerprint density at radius 2 is 1.86 bits per heavy atom. The maximum Gasteiger partial charge on any atom is 0.313 e. The Morgan fingerprint density at radius 3 is 2.57 bits per heavy atom. The van der Waals surface area contributed by atoms with Gasteiger partial charge in [-0.3, -0.25) is 9.59 Å². The van der Waals surface area contributed by atoms with E-state index in [-0.39, 0.29) is 0 Å². The van der Waals surface area contributed by atoms with E-state index in [2.05, 4.69) is 20.5 Å². The summed E-state index contributed by atoms with van der Waals surface area (Å²) in [7, 11) is 0. The molecule has 1 fully saturated rings. The Labute approximate surface area is 165 Å². The van der Waals surface area contributed by atoms with E-state index in [4.69, 9.17) is 4.74 Å². The fourth-order valence-corrected chi connectivity index (χ4v) is 3.25. The Bertz CT molecular complexity index is 789. The Hall–Kier alpha value is -3.09. The van der Waals surface area contributed by atoms with E-state index in [1.807, 2.05) is 31.2 Å². The van der Waals surface area contributed by atoms with Gasteiger partial charge in [-0.2, -0.15) is 0 Å². The van der Waals surface area contributed by atoms with Crippen LogP contribution < -0.4 is 20.3 Å². The summed E-state index contributed by atoms with van der Waals surface area (Å²) >= 11 is 0. The van der Waals surface area contributed by atoms with Crippen LogP contribution in [0.1, 0.15) is 19.8 Å². The summed E-state index contributed by atoms with van der Waals surface area (Å²) in [6.45, 7) is 4.63. The Balaban J connectivity index is 1.44. The quantitative estimate of drug-likeness (QED) is 0.750. The summed E-state index contributed by atoms with van der Waals surface area (Å²) in [6.07, 6.45) is 3.70. The van der Waals surface area contributed by atoms with Gasteiger partial charge >= 0.3 is 11.8 Å². The van der Waals surface area contributed by atoms with E-state index < -0.39 is 11.8 Å². The van der Waals surface area contributed by atoms with Crippen LogP contribution in [0.4, 0.5) is 11.5 Å². The van der Waals surface area contributed by atoms with E-state index in [0.29, 0.717) is 30.5 Å². The largest absolute Gasteiger partial charge is 0.492 e. The third-order valence-electron chi connectivity index (χ3n) is 4.78. The smallest absolute Gasteiger partial charge is 0.313 e. The van der Waals surface area contributed by atoms with Gasteiger partial charge in [0.25, 0.3) is 0 Å². The third kappa shape index (κ3) is 5.22. The van der Waals surface area contributed by atoms with Gasteiger partial charge in [0.1, 0.15) is 11.6 Å². The fourth-order valence-electron chi connectivity index (χ4n) is 3.25. The molecule has 2 amide bonds. The number of carbonyl (C=O) groups excluding carboxylic acids is 2. The molecule has 148 valence electrons. The van der Waals surface area contributed by atoms with Crippen molar-refractivity contribution in [3.63, 3.8) is 0 Å². The molecule has 3 rings (SSSR count). The van der Waals surface area contributed by atoms with Crippen LogP contribution in [0.5, 0.6) is 5.75 Å². The molecule has 1 aliphatic heterocycles. The van der Waals surface area contributed by atoms with Gasteiger partial charge in [-0.25, -0.2) is 4.98 Å². The molecular formula is C21H26N4O3. The minimum atomic E-state index is -0.682. The van der Waals surface area contributed by atoms with E-state index in [1.165, 1.54) is 0 Å². The molecule has 1 aromatic carbocycles. The number of piperidine rings is 1. The molecular weight excluding hydrogens is 356 g/mol. The molecule has 2 heterocycles. The molecule has 0 radical (unpaired) electrons. The van der Waals surface area contributed by atoms with Crippen molar-refractivity contribution in [3.05, 3.63) is 48.7 Å². The number of para-hydroxylation sites is 2. The summed E-state index contributed by atoms with van der Waals surface area (Å²) in [6, 6.07) is 13.0. The van der Waals surface area contributed by atoms with Gasteiger partial charge in [-0.1, -0.05) is 18.2 Å². The highest BCUT2D eigenvalue weighted by Crippen LogP contribution is 2.24. The van der Waals surface area contributed by atoms with Crippen LogP contribution in [0.2, 0.25) is 0 Å². The number of nitrogens with one attached hydrogen (secondary N) is 2. The van der Waals surface area contributed by atoms with Crippen LogP contribution in [0.15, 0.2) is 48.7 Å². The maximum absolute atomic E-state index is 12.2. The molecule has 1 aliphatic rings. The van der Waals surface area contributed by atoms with Crippen molar-refractivity contribution in [2.75, 3.05) is 36.5 Å². The molecule has 0 unspecified atom stereocenters. The molecule has 0 aliphatic carbocycles. The number of hydrogen-bond acceptors (Lipinski definition) is 5. The van der Waals surface area contributed by atoms with Crippen molar-refractivity contribution in [1.82, 2.24) is 10.3 Å². The summed E-state index contributed by atoms with van der Waals surface area (Å²) < 4.78 is 5.46. The van der Waals surface area contributed by atoms with Crippen LogP contribution in [-0.2, 0) is 9.59 Å². The number of aromatic nitrogens is 1. The first-order valence-electron chi connectivity index (χ1n) is 9.64. The number of hydrogen-bond donors (Lipinski definition) is 2. The number of pyridine rings is 1. The summed E-state index contributed by atoms with van der Waals surface area (Å²) in [5.74, 6) is 0.578. The average molecular weight is 382 g/mol. The molecule has 0 saturated carbocycles. The van der Waals surface area contributed by atoms with Crippen LogP contribution in [-0.4, -0.2) is 43.0 Å². The minimum Gasteiger partial charge on any atom is -0.492 e. The first-order valence-corrected chi connectivity index (χ1v) is 9.64. The molecule has 1 aromatic heterocycles. The van der Waals surface area contributed by atoms with Crippen LogP contribution >= 0.6 is 0 Å². The monoisotopic (exact) mass is 382 g/mol. The molecule has 1 saturated heterocycles. The highest BCUT2D eigenvalue weighted by atomic mass is 16.5. The van der Waals surface area contributed by atoms with Crippen LogP contribution in [0, 0.1) is 5.92 Å². The zero-order valence-electron chi connectivity index (χ0n) is 16.1. The molecule has 7 nitrogen and oxygen atoms in total. The van der Waals surface area contributed by atoms with E-state index in [9.17, 15) is 9.59 Å². The molecule has 2 N–H and O–H groups in total. The summed E-state index contributed by atoms with van der Waals surface area (Å²) in [4.78, 5) is 31.0. The lowest BCUT2D eigenvalue weighted by Crippen LogP contribution is -2.42. The van der Waals surface area contributed by atoms with Crippen molar-refractivity contribution < 1.29 is 14.3 Å². The molecule has 0 atom stereocenters. The van der Waals surface area contributed by atoms with Crippen molar-refractivity contribution in [2.45, 2.75) is 19.8 Å². The maximum atomic E-state index is 12.2. The molecule has 7 heteroatoms. The molecule has 0 spiro atoms. The Morgan fingerprint density at radius 1 is 1.11 bits per heavy atom. The highest BCUT2D eigenvalue weighted by molar-refractivity contribution is 6.39. The fraction of sp³-hybridized carbons (Fsp3) is 0.381. The normalized spacial score (nSPS) is 14.4. The van der Waals surface area contributed by atoms with Gasteiger partial charge in [-0.15, -0.1) is 0 Å². The number of benzene rings is 1. The SMILES string of the molecule is CCOc1ccccc1NC(=O)C(=O)NCC1CCN(c2ccccn2)CC1. The number of nitrogens with zero attached hydrogens (tertiary/aromatic N) is 2. The molecule has 2 aromatic rings. The van der Waals surface area contributed by atoms with Crippen LogP contribution in [0.3, 0.4) is 0 Å². The topological polar surface area (TPSA) is 83.6 Å². The third-order valence-corrected chi connectivity index (χ3v) is 4.78. The molecule has 0 bridgehead atoms. The van der Waals surface area contributed by atoms with Gasteiger partial charge in [0.05, 0.1) is 12.3 Å². The predicted molar refractivity (Wildman–Crippen MR) is 108 cm³/mol. The van der Waals surface area contributed by atoms with Crippen molar-refractivity contribution in [3.8, 4) is 5.75 Å². The number of carbonyl (C=O) groups is 2. The molecule has 28 heavy (non-hydrogen) atoms. The van der Waals surface area contributed by atoms with Crippen molar-refractivity contribution >= 4 is 23.3 Å². The lowest BCUT2D eigenvalue weighted by Gasteiger charge is -2.32. The first-order chi connectivity index (χ1) is 13.7. The van der Waals surface area contributed by atoms with Crippen molar-refractivity contribution in [2.24, 2.45) is 5.92 Å². The zero-order chi connectivity index (χ0) is 19.8. The summed E-state index contributed by atoms with van der Waals surface area (Å²) in [5.41, 5.74) is 0.494. The van der Waals surface area contributed by atoms with Gasteiger partial charge in [0, 0.05) is 25.8 Å². The average Bonchev–Trinajstić information content (AvgIpc) is 2.74. The number of ether oxygens (including phenoxy) is 1. The second-order valence-electron chi connectivity index (χ2n) is 6.71. The zero-order valence-corrected chi connectivity index (χ0v) is 16.1. The van der Waals surface area contributed by atoms with Crippen molar-refractivity contribution in [1.29, 1.82) is 0 Å². The number of anilines is 2. The van der Waals surface area contributed by atoms with E-state index in [1.54, 1.807) is 24.4 Å². The number of rotatable bonds is 6. The van der Waals surface area contributed by atoms with E-state index >= 15 is 0 Å².